The molecule has 11 nitrogen and oxygen atoms in total. The van der Waals surface area contributed by atoms with E-state index in [4.69, 9.17) is 16.6 Å². The van der Waals surface area contributed by atoms with Crippen molar-refractivity contribution in [3.05, 3.63) is 41.7 Å². The third-order valence-electron chi connectivity index (χ3n) is 4.49. The second-order valence-electron chi connectivity index (χ2n) is 7.14. The fourth-order valence-corrected chi connectivity index (χ4v) is 4.32. The third kappa shape index (κ3) is 7.98. The van der Waals surface area contributed by atoms with Crippen molar-refractivity contribution in [2.75, 3.05) is 19.6 Å². The monoisotopic (exact) mass is 451 g/mol. The van der Waals surface area contributed by atoms with Gasteiger partial charge in [0, 0.05) is 25.8 Å². The van der Waals surface area contributed by atoms with Gasteiger partial charge in [0.1, 0.15) is 6.54 Å². The van der Waals surface area contributed by atoms with Crippen LogP contribution in [0.1, 0.15) is 30.5 Å². The number of benzene rings is 1. The molecule has 2 aromatic rings. The maximum absolute atomic E-state index is 12.8. The molecule has 0 aliphatic heterocycles. The lowest BCUT2D eigenvalue weighted by atomic mass is 10.2. The predicted molar refractivity (Wildman–Crippen MR) is 116 cm³/mol. The van der Waals surface area contributed by atoms with Crippen LogP contribution in [0, 0.1) is 6.92 Å². The molecule has 12 heteroatoms. The third-order valence-corrected chi connectivity index (χ3v) is 6.35. The van der Waals surface area contributed by atoms with Gasteiger partial charge in [0.05, 0.1) is 10.6 Å². The van der Waals surface area contributed by atoms with Crippen molar-refractivity contribution in [1.29, 1.82) is 0 Å². The van der Waals surface area contributed by atoms with Crippen LogP contribution in [0.2, 0.25) is 0 Å². The molecule has 1 heterocycles. The second-order valence-corrected chi connectivity index (χ2v) is 9.07. The lowest BCUT2D eigenvalue weighted by Crippen LogP contribution is -2.36. The zero-order valence-corrected chi connectivity index (χ0v) is 18.3. The Balaban J connectivity index is 1.87. The van der Waals surface area contributed by atoms with E-state index in [1.165, 1.54) is 12.1 Å². The van der Waals surface area contributed by atoms with Gasteiger partial charge in [0.2, 0.25) is 10.0 Å². The smallest absolute Gasteiger partial charge is 0.318 e. The zero-order valence-electron chi connectivity index (χ0n) is 17.5. The Bertz CT molecular complexity index is 983. The van der Waals surface area contributed by atoms with E-state index in [2.05, 4.69) is 15.3 Å². The van der Waals surface area contributed by atoms with Crippen LogP contribution in [-0.2, 0) is 27.8 Å². The van der Waals surface area contributed by atoms with Gasteiger partial charge in [0.15, 0.2) is 5.96 Å². The quantitative estimate of drug-likeness (QED) is 0.222. The van der Waals surface area contributed by atoms with E-state index in [1.807, 2.05) is 13.1 Å². The zero-order chi connectivity index (χ0) is 22.9. The Morgan fingerprint density at radius 1 is 1.19 bits per heavy atom. The van der Waals surface area contributed by atoms with Gasteiger partial charge in [0.25, 0.3) is 0 Å². The number of aliphatic imine (C=N–C) groups is 1. The van der Waals surface area contributed by atoms with Crippen LogP contribution in [0.3, 0.4) is 0 Å². The fraction of sp³-hybridized carbons (Fsp3) is 0.474. The molecule has 0 aliphatic carbocycles. The first kappa shape index (κ1) is 24.3. The summed E-state index contributed by atoms with van der Waals surface area (Å²) in [4.78, 5) is 15.2. The summed E-state index contributed by atoms with van der Waals surface area (Å²) in [5, 5.41) is 17.3. The van der Waals surface area contributed by atoms with E-state index in [9.17, 15) is 13.2 Å². The number of aliphatic carboxylic acids is 1. The lowest BCUT2D eigenvalue weighted by Gasteiger charge is -2.20. The summed E-state index contributed by atoms with van der Waals surface area (Å²) in [5.74, 6) is -1.14. The van der Waals surface area contributed by atoms with Gasteiger partial charge in [-0.3, -0.25) is 14.5 Å². The highest BCUT2D eigenvalue weighted by Crippen LogP contribution is 2.17. The molecule has 0 radical (unpaired) electrons. The molecule has 0 unspecified atom stereocenters. The molecule has 1 aromatic heterocycles. The van der Waals surface area contributed by atoms with Gasteiger partial charge in [-0.05, 0) is 44.7 Å². The Morgan fingerprint density at radius 2 is 1.90 bits per heavy atom. The number of carboxylic acids is 1. The van der Waals surface area contributed by atoms with Crippen LogP contribution in [0.25, 0.3) is 0 Å². The molecule has 0 fully saturated rings. The minimum atomic E-state index is -3.88. The topological polar surface area (TPSA) is 170 Å². The first-order chi connectivity index (χ1) is 14.7. The SMILES string of the molecule is Cc1ccc(S(=O)(=O)N(CCCCn2cc(CCCN=C(N)N)nn2)CC(=O)O)cc1. The van der Waals surface area contributed by atoms with Crippen molar-refractivity contribution in [3.63, 3.8) is 0 Å². The molecule has 5 N–H and O–H groups in total. The van der Waals surface area contributed by atoms with Crippen molar-refractivity contribution in [2.45, 2.75) is 44.0 Å². The summed E-state index contributed by atoms with van der Waals surface area (Å²) in [5.41, 5.74) is 12.3. The molecule has 0 atom stereocenters. The molecule has 0 saturated carbocycles. The molecule has 0 saturated heterocycles. The standard InChI is InChI=1S/C19H29N7O4S/c1-15-6-8-17(9-7-15)31(29,30)26(14-18(27)28)12-3-2-11-25-13-16(23-24-25)5-4-10-22-19(20)21/h6-9,13H,2-5,10-12,14H2,1H3,(H,27,28)(H4,20,21,22). The summed E-state index contributed by atoms with van der Waals surface area (Å²) < 4.78 is 28.3. The highest BCUT2D eigenvalue weighted by molar-refractivity contribution is 7.89. The van der Waals surface area contributed by atoms with E-state index in [0.717, 1.165) is 22.0 Å². The van der Waals surface area contributed by atoms with Gasteiger partial charge < -0.3 is 16.6 Å². The maximum atomic E-state index is 12.8. The van der Waals surface area contributed by atoms with Crippen LogP contribution in [0.15, 0.2) is 40.4 Å². The summed E-state index contributed by atoms with van der Waals surface area (Å²) in [6.07, 6.45) is 4.37. The largest absolute Gasteiger partial charge is 0.480 e. The van der Waals surface area contributed by atoms with Crippen molar-refractivity contribution >= 4 is 22.0 Å². The van der Waals surface area contributed by atoms with Gasteiger partial charge in [-0.2, -0.15) is 4.31 Å². The van der Waals surface area contributed by atoms with Crippen LogP contribution in [-0.4, -0.2) is 64.4 Å². The summed E-state index contributed by atoms with van der Waals surface area (Å²) in [6.45, 7) is 2.43. The maximum Gasteiger partial charge on any atom is 0.318 e. The molecule has 0 amide bonds. The lowest BCUT2D eigenvalue weighted by molar-refractivity contribution is -0.137. The Labute approximate surface area is 181 Å². The van der Waals surface area contributed by atoms with Gasteiger partial charge in [-0.1, -0.05) is 22.9 Å². The number of aryl methyl sites for hydroxylation is 3. The number of unbranched alkanes of at least 4 members (excludes halogenated alkanes) is 1. The van der Waals surface area contributed by atoms with Gasteiger partial charge in [-0.15, -0.1) is 5.10 Å². The molecule has 31 heavy (non-hydrogen) atoms. The van der Waals surface area contributed by atoms with Gasteiger partial charge >= 0.3 is 5.97 Å². The minimum Gasteiger partial charge on any atom is -0.480 e. The number of sulfonamides is 1. The number of aromatic nitrogens is 3. The normalized spacial score (nSPS) is 11.5. The predicted octanol–water partition coefficient (Wildman–Crippen LogP) is 0.348. The van der Waals surface area contributed by atoms with Crippen molar-refractivity contribution < 1.29 is 18.3 Å². The van der Waals surface area contributed by atoms with Crippen LogP contribution < -0.4 is 11.5 Å². The molecular formula is C19H29N7O4S. The highest BCUT2D eigenvalue weighted by Gasteiger charge is 2.26. The van der Waals surface area contributed by atoms with E-state index in [-0.39, 0.29) is 17.4 Å². The van der Waals surface area contributed by atoms with Crippen LogP contribution >= 0.6 is 0 Å². The van der Waals surface area contributed by atoms with E-state index >= 15 is 0 Å². The van der Waals surface area contributed by atoms with Crippen molar-refractivity contribution in [1.82, 2.24) is 19.3 Å². The first-order valence-corrected chi connectivity index (χ1v) is 11.4. The van der Waals surface area contributed by atoms with E-state index < -0.39 is 22.5 Å². The Hall–Kier alpha value is -2.99. The molecule has 170 valence electrons. The first-order valence-electron chi connectivity index (χ1n) is 9.91. The molecule has 0 bridgehead atoms. The van der Waals surface area contributed by atoms with Gasteiger partial charge in [-0.25, -0.2) is 8.42 Å². The highest BCUT2D eigenvalue weighted by atomic mass is 32.2. The Morgan fingerprint density at radius 3 is 2.55 bits per heavy atom. The number of carbonyl (C=O) groups is 1. The van der Waals surface area contributed by atoms with E-state index in [1.54, 1.807) is 16.8 Å². The fourth-order valence-electron chi connectivity index (χ4n) is 2.89. The number of nitrogens with two attached hydrogens (primary N) is 2. The summed E-state index contributed by atoms with van der Waals surface area (Å²) >= 11 is 0. The van der Waals surface area contributed by atoms with Crippen LogP contribution in [0.4, 0.5) is 0 Å². The summed E-state index contributed by atoms with van der Waals surface area (Å²) in [6, 6.07) is 6.35. The van der Waals surface area contributed by atoms with Crippen LogP contribution in [0.5, 0.6) is 0 Å². The average molecular weight is 452 g/mol. The number of hydrogen-bond donors (Lipinski definition) is 3. The number of nitrogens with zero attached hydrogens (tertiary/aromatic N) is 5. The molecule has 0 aliphatic rings. The summed E-state index contributed by atoms with van der Waals surface area (Å²) in [7, 11) is -3.88. The number of carboxylic acid groups (broad SMARTS) is 1. The van der Waals surface area contributed by atoms with Crippen molar-refractivity contribution in [2.24, 2.45) is 16.5 Å². The number of rotatable bonds is 13. The molecule has 2 rings (SSSR count). The molecule has 1 aromatic carbocycles. The van der Waals surface area contributed by atoms with Crippen molar-refractivity contribution in [3.8, 4) is 0 Å². The average Bonchev–Trinajstić information content (AvgIpc) is 3.15. The number of guanidine groups is 1. The van der Waals surface area contributed by atoms with E-state index in [0.29, 0.717) is 32.4 Å². The molecule has 0 spiro atoms. The Kier molecular flexibility index (Phi) is 8.94. The number of hydrogen-bond acceptors (Lipinski definition) is 6. The second kappa shape index (κ2) is 11.4. The minimum absolute atomic E-state index is 0.0602. The molecular weight excluding hydrogens is 422 g/mol.